The van der Waals surface area contributed by atoms with Crippen molar-refractivity contribution in [3.05, 3.63) is 59.9 Å². The molecule has 2 amide bonds. The molecule has 2 aromatic rings. The van der Waals surface area contributed by atoms with Gasteiger partial charge in [0, 0.05) is 19.5 Å². The van der Waals surface area contributed by atoms with Gasteiger partial charge in [-0.05, 0) is 43.2 Å². The molecule has 1 aliphatic rings. The van der Waals surface area contributed by atoms with E-state index in [4.69, 9.17) is 4.74 Å². The molecule has 1 fully saturated rings. The first kappa shape index (κ1) is 18.9. The van der Waals surface area contributed by atoms with E-state index < -0.39 is 0 Å². The Morgan fingerprint density at radius 2 is 1.96 bits per heavy atom. The summed E-state index contributed by atoms with van der Waals surface area (Å²) in [5.41, 5.74) is 1.65. The number of amides is 2. The van der Waals surface area contributed by atoms with E-state index in [2.05, 4.69) is 5.32 Å². The average molecular weight is 370 g/mol. The number of hydrogen-bond acceptors (Lipinski definition) is 3. The summed E-state index contributed by atoms with van der Waals surface area (Å²) in [7, 11) is 0. The lowest BCUT2D eigenvalue weighted by Gasteiger charge is -2.20. The first-order chi connectivity index (χ1) is 13.1. The Hall–Kier alpha value is -2.89. The van der Waals surface area contributed by atoms with Crippen molar-refractivity contribution in [1.29, 1.82) is 0 Å². The van der Waals surface area contributed by atoms with E-state index in [1.807, 2.05) is 31.2 Å². The highest BCUT2D eigenvalue weighted by Crippen LogP contribution is 2.33. The first-order valence-corrected chi connectivity index (χ1v) is 9.13. The summed E-state index contributed by atoms with van der Waals surface area (Å²) in [4.78, 5) is 26.5. The molecule has 1 aliphatic heterocycles. The zero-order valence-electron chi connectivity index (χ0n) is 15.3. The Labute approximate surface area is 158 Å². The fourth-order valence-corrected chi connectivity index (χ4v) is 3.20. The summed E-state index contributed by atoms with van der Waals surface area (Å²) >= 11 is 0. The molecule has 6 heteroatoms. The zero-order valence-corrected chi connectivity index (χ0v) is 15.3. The third kappa shape index (κ3) is 4.64. The lowest BCUT2D eigenvalue weighted by Crippen LogP contribution is -2.34. The van der Waals surface area contributed by atoms with Gasteiger partial charge in [0.2, 0.25) is 11.8 Å². The highest BCUT2D eigenvalue weighted by Gasteiger charge is 2.36. The molecule has 0 aromatic heterocycles. The standard InChI is InChI=1S/C21H23FN2O3/c1-2-27-19-6-4-3-5-18(19)24-14-16(13-20(24)25)21(26)23-12-11-15-7-9-17(22)10-8-15/h3-10,16H,2,11-14H2,1H3,(H,23,26). The van der Waals surface area contributed by atoms with Gasteiger partial charge >= 0.3 is 0 Å². The van der Waals surface area contributed by atoms with Gasteiger partial charge in [-0.1, -0.05) is 24.3 Å². The van der Waals surface area contributed by atoms with Gasteiger partial charge in [0.25, 0.3) is 0 Å². The van der Waals surface area contributed by atoms with Crippen LogP contribution in [0.25, 0.3) is 0 Å². The molecule has 1 saturated heterocycles. The van der Waals surface area contributed by atoms with Gasteiger partial charge in [0.1, 0.15) is 11.6 Å². The first-order valence-electron chi connectivity index (χ1n) is 9.13. The van der Waals surface area contributed by atoms with Gasteiger partial charge in [0.15, 0.2) is 0 Å². The van der Waals surface area contributed by atoms with Crippen LogP contribution in [0.15, 0.2) is 48.5 Å². The highest BCUT2D eigenvalue weighted by molar-refractivity contribution is 6.01. The molecule has 1 heterocycles. The van der Waals surface area contributed by atoms with Gasteiger partial charge in [-0.2, -0.15) is 0 Å². The predicted octanol–water partition coefficient (Wildman–Crippen LogP) is 2.94. The van der Waals surface area contributed by atoms with E-state index in [0.717, 1.165) is 5.56 Å². The molecule has 2 aromatic carbocycles. The maximum absolute atomic E-state index is 12.9. The van der Waals surface area contributed by atoms with Crippen LogP contribution in [0.2, 0.25) is 0 Å². The van der Waals surface area contributed by atoms with E-state index in [0.29, 0.717) is 37.6 Å². The average Bonchev–Trinajstić information content (AvgIpc) is 3.06. The Kier molecular flexibility index (Phi) is 6.06. The lowest BCUT2D eigenvalue weighted by atomic mass is 10.1. The smallest absolute Gasteiger partial charge is 0.227 e. The largest absolute Gasteiger partial charge is 0.492 e. The number of nitrogens with zero attached hydrogens (tertiary/aromatic N) is 1. The van der Waals surface area contributed by atoms with E-state index >= 15 is 0 Å². The molecule has 1 N–H and O–H groups in total. The number of halogens is 1. The third-order valence-electron chi connectivity index (χ3n) is 4.58. The van der Waals surface area contributed by atoms with Gasteiger partial charge in [-0.25, -0.2) is 4.39 Å². The quantitative estimate of drug-likeness (QED) is 0.815. The van der Waals surface area contributed by atoms with Gasteiger partial charge in [-0.15, -0.1) is 0 Å². The van der Waals surface area contributed by atoms with Crippen LogP contribution in [0.5, 0.6) is 5.75 Å². The molecule has 0 bridgehead atoms. The molecule has 27 heavy (non-hydrogen) atoms. The van der Waals surface area contributed by atoms with Crippen molar-refractivity contribution >= 4 is 17.5 Å². The molecule has 142 valence electrons. The second kappa shape index (κ2) is 8.66. The van der Waals surface area contributed by atoms with E-state index in [-0.39, 0.29) is 30.0 Å². The number of anilines is 1. The van der Waals surface area contributed by atoms with Crippen LogP contribution in [0.1, 0.15) is 18.9 Å². The predicted molar refractivity (Wildman–Crippen MR) is 101 cm³/mol. The number of ether oxygens (including phenoxy) is 1. The molecule has 5 nitrogen and oxygen atoms in total. The molecular weight excluding hydrogens is 347 g/mol. The van der Waals surface area contributed by atoms with Crippen molar-refractivity contribution in [3.8, 4) is 5.75 Å². The number of carbonyl (C=O) groups excluding carboxylic acids is 2. The summed E-state index contributed by atoms with van der Waals surface area (Å²) in [6, 6.07) is 13.6. The Morgan fingerprint density at radius 1 is 1.22 bits per heavy atom. The summed E-state index contributed by atoms with van der Waals surface area (Å²) < 4.78 is 18.5. The Bertz CT molecular complexity index is 807. The second-order valence-electron chi connectivity index (χ2n) is 6.47. The van der Waals surface area contributed by atoms with Crippen LogP contribution in [-0.2, 0) is 16.0 Å². The maximum atomic E-state index is 12.9. The van der Waals surface area contributed by atoms with E-state index in [1.54, 1.807) is 17.0 Å². The molecule has 0 saturated carbocycles. The molecular formula is C21H23FN2O3. The summed E-state index contributed by atoms with van der Waals surface area (Å²) in [6.45, 7) is 3.18. The minimum Gasteiger partial charge on any atom is -0.492 e. The normalized spacial score (nSPS) is 16.4. The molecule has 1 atom stereocenters. The van der Waals surface area contributed by atoms with E-state index in [9.17, 15) is 14.0 Å². The van der Waals surface area contributed by atoms with Crippen LogP contribution in [0.4, 0.5) is 10.1 Å². The molecule has 0 spiro atoms. The number of benzene rings is 2. The van der Waals surface area contributed by atoms with Gasteiger partial charge < -0.3 is 15.0 Å². The fraction of sp³-hybridized carbons (Fsp3) is 0.333. The Balaban J connectivity index is 1.56. The van der Waals surface area contributed by atoms with Crippen molar-refractivity contribution in [3.63, 3.8) is 0 Å². The number of rotatable bonds is 7. The van der Waals surface area contributed by atoms with Crippen LogP contribution in [0, 0.1) is 11.7 Å². The van der Waals surface area contributed by atoms with Gasteiger partial charge in [0.05, 0.1) is 18.2 Å². The van der Waals surface area contributed by atoms with Crippen LogP contribution in [-0.4, -0.2) is 31.5 Å². The van der Waals surface area contributed by atoms with Gasteiger partial charge in [-0.3, -0.25) is 9.59 Å². The number of nitrogens with one attached hydrogen (secondary N) is 1. The Morgan fingerprint density at radius 3 is 2.70 bits per heavy atom. The fourth-order valence-electron chi connectivity index (χ4n) is 3.20. The van der Waals surface area contributed by atoms with E-state index in [1.165, 1.54) is 12.1 Å². The monoisotopic (exact) mass is 370 g/mol. The zero-order chi connectivity index (χ0) is 19.2. The number of carbonyl (C=O) groups is 2. The van der Waals surface area contributed by atoms with Crippen molar-refractivity contribution in [2.45, 2.75) is 19.8 Å². The van der Waals surface area contributed by atoms with Crippen LogP contribution >= 0.6 is 0 Å². The maximum Gasteiger partial charge on any atom is 0.227 e. The SMILES string of the molecule is CCOc1ccccc1N1CC(C(=O)NCCc2ccc(F)cc2)CC1=O. The molecule has 0 radical (unpaired) electrons. The number of para-hydroxylation sites is 2. The van der Waals surface area contributed by atoms with Crippen molar-refractivity contribution in [2.75, 3.05) is 24.6 Å². The third-order valence-corrected chi connectivity index (χ3v) is 4.58. The second-order valence-corrected chi connectivity index (χ2v) is 6.47. The minimum absolute atomic E-state index is 0.0826. The molecule has 1 unspecified atom stereocenters. The minimum atomic E-state index is -0.389. The molecule has 3 rings (SSSR count). The summed E-state index contributed by atoms with van der Waals surface area (Å²) in [5.74, 6) is -0.242. The topological polar surface area (TPSA) is 58.6 Å². The number of hydrogen-bond donors (Lipinski definition) is 1. The lowest BCUT2D eigenvalue weighted by molar-refractivity contribution is -0.126. The summed E-state index contributed by atoms with van der Waals surface area (Å²) in [6.07, 6.45) is 0.798. The van der Waals surface area contributed by atoms with Crippen molar-refractivity contribution in [1.82, 2.24) is 5.32 Å². The van der Waals surface area contributed by atoms with Crippen molar-refractivity contribution in [2.24, 2.45) is 5.92 Å². The summed E-state index contributed by atoms with van der Waals surface area (Å²) in [5, 5.41) is 2.88. The molecule has 0 aliphatic carbocycles. The highest BCUT2D eigenvalue weighted by atomic mass is 19.1. The van der Waals surface area contributed by atoms with Crippen LogP contribution < -0.4 is 15.0 Å². The van der Waals surface area contributed by atoms with Crippen LogP contribution in [0.3, 0.4) is 0 Å². The van der Waals surface area contributed by atoms with Crippen molar-refractivity contribution < 1.29 is 18.7 Å².